The number of amides is 2. The number of carbonyl (C=O) groups is 3. The van der Waals surface area contributed by atoms with Gasteiger partial charge in [0.1, 0.15) is 29.7 Å². The molecule has 10 heteroatoms. The fourth-order valence-corrected chi connectivity index (χ4v) is 5.17. The van der Waals surface area contributed by atoms with Crippen LogP contribution < -0.4 is 10.5 Å². The topological polar surface area (TPSA) is 130 Å². The van der Waals surface area contributed by atoms with Gasteiger partial charge in [-0.25, -0.2) is 4.68 Å². The number of benzene rings is 3. The summed E-state index contributed by atoms with van der Waals surface area (Å²) in [5.41, 5.74) is 10.5. The Hall–Kier alpha value is -4.99. The van der Waals surface area contributed by atoms with Gasteiger partial charge in [0.05, 0.1) is 5.69 Å². The summed E-state index contributed by atoms with van der Waals surface area (Å²) in [6.45, 7) is 5.98. The van der Waals surface area contributed by atoms with Crippen molar-refractivity contribution in [1.29, 1.82) is 0 Å². The summed E-state index contributed by atoms with van der Waals surface area (Å²) in [6, 6.07) is 22.2. The number of hydrogen-bond donors (Lipinski definition) is 1. The van der Waals surface area contributed by atoms with Gasteiger partial charge in [-0.1, -0.05) is 41.6 Å². The van der Waals surface area contributed by atoms with E-state index in [0.717, 1.165) is 33.7 Å². The zero-order valence-electron chi connectivity index (χ0n) is 24.7. The van der Waals surface area contributed by atoms with Gasteiger partial charge in [-0.3, -0.25) is 14.4 Å². The van der Waals surface area contributed by atoms with Crippen LogP contribution in [-0.2, 0) is 34.5 Å². The second-order valence-corrected chi connectivity index (χ2v) is 11.6. The first-order valence-corrected chi connectivity index (χ1v) is 14.1. The molecule has 1 atom stereocenters. The van der Waals surface area contributed by atoms with Crippen LogP contribution in [0.5, 0.6) is 5.75 Å². The van der Waals surface area contributed by atoms with Crippen molar-refractivity contribution in [2.75, 3.05) is 0 Å². The third kappa shape index (κ3) is 6.74. The number of primary amides is 1. The number of aryl methyl sites for hydroxylation is 1. The van der Waals surface area contributed by atoms with E-state index in [1.165, 1.54) is 4.90 Å². The molecule has 3 aromatic carbocycles. The zero-order valence-corrected chi connectivity index (χ0v) is 24.7. The Morgan fingerprint density at radius 1 is 1.00 bits per heavy atom. The van der Waals surface area contributed by atoms with Gasteiger partial charge in [0.15, 0.2) is 0 Å². The van der Waals surface area contributed by atoms with Crippen molar-refractivity contribution in [2.45, 2.75) is 58.4 Å². The molecule has 0 saturated heterocycles. The highest BCUT2D eigenvalue weighted by molar-refractivity contribution is 6.01. The molecule has 1 aromatic heterocycles. The first-order chi connectivity index (χ1) is 20.5. The highest BCUT2D eigenvalue weighted by Gasteiger charge is 2.36. The van der Waals surface area contributed by atoms with E-state index in [9.17, 15) is 14.4 Å². The van der Waals surface area contributed by atoms with Crippen molar-refractivity contribution >= 4 is 17.8 Å². The van der Waals surface area contributed by atoms with Crippen LogP contribution in [0.3, 0.4) is 0 Å². The molecular formula is C33H35N5O5. The summed E-state index contributed by atoms with van der Waals surface area (Å²) in [5, 5.41) is 8.69. The normalized spacial score (nSPS) is 13.5. The Morgan fingerprint density at radius 2 is 1.70 bits per heavy atom. The van der Waals surface area contributed by atoms with Crippen molar-refractivity contribution in [3.05, 3.63) is 89.5 Å². The van der Waals surface area contributed by atoms with E-state index in [1.807, 2.05) is 73.8 Å². The predicted molar refractivity (Wildman–Crippen MR) is 161 cm³/mol. The Labute approximate surface area is 250 Å². The maximum absolute atomic E-state index is 13.3. The van der Waals surface area contributed by atoms with Crippen LogP contribution in [0.1, 0.15) is 55.1 Å². The summed E-state index contributed by atoms with van der Waals surface area (Å²) >= 11 is 0. The first-order valence-electron chi connectivity index (χ1n) is 14.1. The smallest absolute Gasteiger partial charge is 0.306 e. The maximum Gasteiger partial charge on any atom is 0.306 e. The van der Waals surface area contributed by atoms with E-state index in [1.54, 1.807) is 31.5 Å². The number of nitrogens with zero attached hydrogens (tertiary/aromatic N) is 4. The number of nitrogens with two attached hydrogens (primary N) is 1. The molecule has 222 valence electrons. The molecule has 0 bridgehead atoms. The molecule has 43 heavy (non-hydrogen) atoms. The van der Waals surface area contributed by atoms with Crippen molar-refractivity contribution in [3.8, 4) is 28.3 Å². The summed E-state index contributed by atoms with van der Waals surface area (Å²) < 4.78 is 13.0. The van der Waals surface area contributed by atoms with E-state index >= 15 is 0 Å². The Bertz CT molecular complexity index is 1640. The van der Waals surface area contributed by atoms with Crippen LogP contribution in [0.25, 0.3) is 22.5 Å². The zero-order chi connectivity index (χ0) is 30.7. The third-order valence-electron chi connectivity index (χ3n) is 7.16. The van der Waals surface area contributed by atoms with Gasteiger partial charge in [0.2, 0.25) is 5.91 Å². The lowest BCUT2D eigenvalue weighted by atomic mass is 10.0. The van der Waals surface area contributed by atoms with Crippen LogP contribution in [0, 0.1) is 0 Å². The minimum Gasteiger partial charge on any atom is -0.489 e. The van der Waals surface area contributed by atoms with E-state index in [2.05, 4.69) is 10.3 Å². The number of carbonyl (C=O) groups excluding carboxylic acids is 3. The maximum atomic E-state index is 13.3. The van der Waals surface area contributed by atoms with Crippen LogP contribution >= 0.6 is 0 Å². The van der Waals surface area contributed by atoms with E-state index in [4.69, 9.17) is 15.2 Å². The fourth-order valence-electron chi connectivity index (χ4n) is 5.17. The number of rotatable bonds is 10. The van der Waals surface area contributed by atoms with Crippen molar-refractivity contribution in [2.24, 2.45) is 12.8 Å². The lowest BCUT2D eigenvalue weighted by Gasteiger charge is -2.25. The standard InChI is InChI=1S/C33H35N5O5/c1-33(2,3)43-28(39)17-16-27(31(34)40)38-19-24-18-23(12-15-26(24)32(38)41)29-30(37(4)36-35-29)22-10-13-25(14-11-22)42-20-21-8-6-5-7-9-21/h5-15,18,27H,16-17,19-20H2,1-4H3,(H2,34,40). The SMILES string of the molecule is Cn1nnc(-c2ccc3c(c2)CN(C(CCC(=O)OC(C)(C)C)C(N)=O)C3=O)c1-c1ccc(OCc2ccccc2)cc1. The highest BCUT2D eigenvalue weighted by atomic mass is 16.6. The molecule has 0 spiro atoms. The Kier molecular flexibility index (Phi) is 8.29. The monoisotopic (exact) mass is 581 g/mol. The molecule has 2 heterocycles. The van der Waals surface area contributed by atoms with Gasteiger partial charge in [0, 0.05) is 36.7 Å². The number of fused-ring (bicyclic) bond motifs is 1. The van der Waals surface area contributed by atoms with Crippen molar-refractivity contribution in [3.63, 3.8) is 0 Å². The minimum atomic E-state index is -0.939. The number of aromatic nitrogens is 3. The highest BCUT2D eigenvalue weighted by Crippen LogP contribution is 2.35. The van der Waals surface area contributed by atoms with Crippen molar-refractivity contribution < 1.29 is 23.9 Å². The molecule has 0 radical (unpaired) electrons. The fraction of sp³-hybridized carbons (Fsp3) is 0.303. The quantitative estimate of drug-likeness (QED) is 0.270. The Morgan fingerprint density at radius 3 is 2.37 bits per heavy atom. The molecule has 2 amide bonds. The lowest BCUT2D eigenvalue weighted by Crippen LogP contribution is -2.45. The molecular weight excluding hydrogens is 546 g/mol. The van der Waals surface area contributed by atoms with Gasteiger partial charge in [-0.2, -0.15) is 0 Å². The van der Waals surface area contributed by atoms with Crippen LogP contribution in [0.4, 0.5) is 0 Å². The van der Waals surface area contributed by atoms with E-state index in [-0.39, 0.29) is 25.3 Å². The second-order valence-electron chi connectivity index (χ2n) is 11.6. The Balaban J connectivity index is 1.33. The molecule has 0 aliphatic carbocycles. The summed E-state index contributed by atoms with van der Waals surface area (Å²) in [6.07, 6.45) is 0.0471. The second kappa shape index (κ2) is 12.1. The van der Waals surface area contributed by atoms with Gasteiger partial charge in [-0.15, -0.1) is 5.10 Å². The van der Waals surface area contributed by atoms with Gasteiger partial charge in [-0.05, 0) is 74.7 Å². The predicted octanol–water partition coefficient (Wildman–Crippen LogP) is 4.66. The minimum absolute atomic E-state index is 0.0324. The van der Waals surface area contributed by atoms with E-state index in [0.29, 0.717) is 17.9 Å². The molecule has 1 aliphatic heterocycles. The first kappa shape index (κ1) is 29.5. The van der Waals surface area contributed by atoms with Gasteiger partial charge < -0.3 is 20.1 Å². The van der Waals surface area contributed by atoms with Crippen LogP contribution in [0.2, 0.25) is 0 Å². The van der Waals surface area contributed by atoms with Gasteiger partial charge in [0.25, 0.3) is 5.91 Å². The third-order valence-corrected chi connectivity index (χ3v) is 7.16. The van der Waals surface area contributed by atoms with Gasteiger partial charge >= 0.3 is 5.97 Å². The van der Waals surface area contributed by atoms with Crippen LogP contribution in [0.15, 0.2) is 72.8 Å². The molecule has 1 aliphatic rings. The lowest BCUT2D eigenvalue weighted by molar-refractivity contribution is -0.155. The average Bonchev–Trinajstić information content (AvgIpc) is 3.51. The number of esters is 1. The molecule has 1 unspecified atom stereocenters. The van der Waals surface area contributed by atoms with E-state index < -0.39 is 23.5 Å². The molecule has 5 rings (SSSR count). The van der Waals surface area contributed by atoms with Crippen molar-refractivity contribution in [1.82, 2.24) is 19.9 Å². The average molecular weight is 582 g/mol. The number of hydrogen-bond acceptors (Lipinski definition) is 7. The molecule has 2 N–H and O–H groups in total. The summed E-state index contributed by atoms with van der Waals surface area (Å²) in [4.78, 5) is 39.3. The molecule has 0 saturated carbocycles. The molecule has 0 fully saturated rings. The molecule has 4 aromatic rings. The summed E-state index contributed by atoms with van der Waals surface area (Å²) in [7, 11) is 1.83. The van der Waals surface area contributed by atoms with Crippen LogP contribution in [-0.4, -0.2) is 49.3 Å². The molecule has 10 nitrogen and oxygen atoms in total. The summed E-state index contributed by atoms with van der Waals surface area (Å²) in [5.74, 6) is -0.676. The largest absolute Gasteiger partial charge is 0.489 e. The number of ether oxygens (including phenoxy) is 2.